The summed E-state index contributed by atoms with van der Waals surface area (Å²) >= 11 is 4.36. The SMILES string of the molecule is CCCN1C(=O)N/C(=C/c2cc(I)c(OCc3ccccc3C#N)c(I)c2)C1=O. The van der Waals surface area contributed by atoms with Crippen molar-refractivity contribution in [1.29, 1.82) is 5.26 Å². The Bertz CT molecular complexity index is 1020. The molecule has 2 aromatic carbocycles. The molecule has 1 heterocycles. The van der Waals surface area contributed by atoms with Gasteiger partial charge in [0.2, 0.25) is 0 Å². The van der Waals surface area contributed by atoms with Gasteiger partial charge in [-0.25, -0.2) is 4.79 Å². The van der Waals surface area contributed by atoms with Crippen molar-refractivity contribution in [2.75, 3.05) is 6.54 Å². The number of carbonyl (C=O) groups excluding carboxylic acids is 2. The van der Waals surface area contributed by atoms with Gasteiger partial charge in [0.05, 0.1) is 18.8 Å². The molecule has 1 N–H and O–H groups in total. The zero-order valence-corrected chi connectivity index (χ0v) is 19.9. The van der Waals surface area contributed by atoms with Gasteiger partial charge in [0, 0.05) is 12.1 Å². The van der Waals surface area contributed by atoms with Crippen LogP contribution in [0.2, 0.25) is 0 Å². The van der Waals surface area contributed by atoms with Gasteiger partial charge in [0.1, 0.15) is 18.1 Å². The van der Waals surface area contributed by atoms with Crippen LogP contribution >= 0.6 is 45.2 Å². The predicted molar refractivity (Wildman–Crippen MR) is 126 cm³/mol. The van der Waals surface area contributed by atoms with Gasteiger partial charge in [0.15, 0.2) is 0 Å². The highest BCUT2D eigenvalue weighted by Crippen LogP contribution is 2.31. The number of imide groups is 1. The molecule has 1 aliphatic heterocycles. The number of nitriles is 1. The monoisotopic (exact) mass is 613 g/mol. The molecule has 0 saturated carbocycles. The molecule has 1 aliphatic rings. The summed E-state index contributed by atoms with van der Waals surface area (Å²) in [6.45, 7) is 2.60. The van der Waals surface area contributed by atoms with Gasteiger partial charge < -0.3 is 10.1 Å². The highest BCUT2D eigenvalue weighted by molar-refractivity contribution is 14.1. The third-order valence-electron chi connectivity index (χ3n) is 4.25. The summed E-state index contributed by atoms with van der Waals surface area (Å²) in [5.41, 5.74) is 2.48. The number of amides is 3. The zero-order chi connectivity index (χ0) is 21.0. The second-order valence-electron chi connectivity index (χ2n) is 6.32. The van der Waals surface area contributed by atoms with Crippen LogP contribution in [0.3, 0.4) is 0 Å². The Morgan fingerprint density at radius 3 is 2.55 bits per heavy atom. The van der Waals surface area contributed by atoms with Crippen molar-refractivity contribution in [3.05, 3.63) is 65.9 Å². The maximum Gasteiger partial charge on any atom is 0.329 e. The number of nitrogens with zero attached hydrogens (tertiary/aromatic N) is 2. The summed E-state index contributed by atoms with van der Waals surface area (Å²) in [7, 11) is 0. The molecular formula is C21H17I2N3O3. The van der Waals surface area contributed by atoms with Crippen LogP contribution in [0.1, 0.15) is 30.0 Å². The molecule has 0 bridgehead atoms. The molecule has 0 aliphatic carbocycles. The molecule has 3 rings (SSSR count). The van der Waals surface area contributed by atoms with Crippen molar-refractivity contribution in [2.24, 2.45) is 0 Å². The van der Waals surface area contributed by atoms with Gasteiger partial charge in [0.25, 0.3) is 5.91 Å². The number of rotatable bonds is 6. The molecule has 1 fully saturated rings. The zero-order valence-electron chi connectivity index (χ0n) is 15.5. The van der Waals surface area contributed by atoms with E-state index in [0.717, 1.165) is 24.0 Å². The van der Waals surface area contributed by atoms with Crippen LogP contribution in [0.5, 0.6) is 5.75 Å². The number of halogens is 2. The van der Waals surface area contributed by atoms with Crippen LogP contribution in [0, 0.1) is 18.5 Å². The molecule has 0 radical (unpaired) electrons. The average molecular weight is 613 g/mol. The van der Waals surface area contributed by atoms with Gasteiger partial charge in [-0.1, -0.05) is 25.1 Å². The fraction of sp³-hybridized carbons (Fsp3) is 0.190. The van der Waals surface area contributed by atoms with E-state index in [9.17, 15) is 14.9 Å². The Morgan fingerprint density at radius 2 is 1.90 bits per heavy atom. The highest BCUT2D eigenvalue weighted by atomic mass is 127. The minimum Gasteiger partial charge on any atom is -0.487 e. The molecule has 8 heteroatoms. The van der Waals surface area contributed by atoms with Crippen molar-refractivity contribution in [1.82, 2.24) is 10.2 Å². The summed E-state index contributed by atoms with van der Waals surface area (Å²) in [6, 6.07) is 12.9. The predicted octanol–water partition coefficient (Wildman–Crippen LogP) is 4.65. The first kappa shape index (κ1) is 21.6. The first-order valence-electron chi connectivity index (χ1n) is 8.89. The first-order chi connectivity index (χ1) is 13.9. The molecule has 6 nitrogen and oxygen atoms in total. The Kier molecular flexibility index (Phi) is 7.13. The number of hydrogen-bond donors (Lipinski definition) is 1. The van der Waals surface area contributed by atoms with E-state index in [1.54, 1.807) is 12.1 Å². The molecule has 148 valence electrons. The lowest BCUT2D eigenvalue weighted by Crippen LogP contribution is -2.31. The Balaban J connectivity index is 1.80. The number of urea groups is 1. The van der Waals surface area contributed by atoms with Crippen molar-refractivity contribution < 1.29 is 14.3 Å². The number of hydrogen-bond acceptors (Lipinski definition) is 4. The molecule has 0 unspecified atom stereocenters. The molecule has 2 aromatic rings. The van der Waals surface area contributed by atoms with Crippen LogP contribution in [0.4, 0.5) is 4.79 Å². The van der Waals surface area contributed by atoms with Crippen molar-refractivity contribution >= 4 is 63.2 Å². The van der Waals surface area contributed by atoms with Crippen molar-refractivity contribution in [2.45, 2.75) is 20.0 Å². The second kappa shape index (κ2) is 9.58. The number of nitrogens with one attached hydrogen (secondary N) is 1. The normalized spacial score (nSPS) is 14.8. The van der Waals surface area contributed by atoms with Crippen LogP contribution in [-0.2, 0) is 11.4 Å². The van der Waals surface area contributed by atoms with Gasteiger partial charge >= 0.3 is 6.03 Å². The molecule has 0 aromatic heterocycles. The van der Waals surface area contributed by atoms with E-state index >= 15 is 0 Å². The highest BCUT2D eigenvalue weighted by Gasteiger charge is 2.32. The molecular weight excluding hydrogens is 596 g/mol. The minimum absolute atomic E-state index is 0.270. The molecule has 3 amide bonds. The molecule has 29 heavy (non-hydrogen) atoms. The number of carbonyl (C=O) groups is 2. The molecule has 1 saturated heterocycles. The average Bonchev–Trinajstić information content (AvgIpc) is 2.95. The van der Waals surface area contributed by atoms with Gasteiger partial charge in [-0.2, -0.15) is 5.26 Å². The van der Waals surface area contributed by atoms with E-state index in [4.69, 9.17) is 4.74 Å². The van der Waals surface area contributed by atoms with E-state index in [1.165, 1.54) is 4.90 Å². The van der Waals surface area contributed by atoms with Crippen molar-refractivity contribution in [3.63, 3.8) is 0 Å². The molecule has 0 spiro atoms. The van der Waals surface area contributed by atoms with E-state index < -0.39 is 0 Å². The lowest BCUT2D eigenvalue weighted by atomic mass is 10.1. The van der Waals surface area contributed by atoms with E-state index in [2.05, 4.69) is 56.6 Å². The maximum absolute atomic E-state index is 12.4. The summed E-state index contributed by atoms with van der Waals surface area (Å²) in [5.74, 6) is 0.408. The third kappa shape index (κ3) is 4.90. The Morgan fingerprint density at radius 1 is 1.21 bits per heavy atom. The lowest BCUT2D eigenvalue weighted by molar-refractivity contribution is -0.122. The van der Waals surface area contributed by atoms with Gasteiger partial charge in [-0.05, 0) is 81.4 Å². The fourth-order valence-electron chi connectivity index (χ4n) is 2.87. The number of benzene rings is 2. The third-order valence-corrected chi connectivity index (χ3v) is 5.85. The lowest BCUT2D eigenvalue weighted by Gasteiger charge is -2.12. The summed E-state index contributed by atoms with van der Waals surface area (Å²) < 4.78 is 7.72. The minimum atomic E-state index is -0.386. The quantitative estimate of drug-likeness (QED) is 0.293. The van der Waals surface area contributed by atoms with E-state index in [-0.39, 0.29) is 24.2 Å². The van der Waals surface area contributed by atoms with Crippen LogP contribution < -0.4 is 10.1 Å². The fourth-order valence-corrected chi connectivity index (χ4v) is 5.00. The first-order valence-corrected chi connectivity index (χ1v) is 11.0. The summed E-state index contributed by atoms with van der Waals surface area (Å²) in [5, 5.41) is 11.8. The van der Waals surface area contributed by atoms with Crippen LogP contribution in [-0.4, -0.2) is 23.4 Å². The topological polar surface area (TPSA) is 82.4 Å². The van der Waals surface area contributed by atoms with Crippen LogP contribution in [0.15, 0.2) is 42.1 Å². The van der Waals surface area contributed by atoms with Crippen LogP contribution in [0.25, 0.3) is 6.08 Å². The summed E-state index contributed by atoms with van der Waals surface area (Å²) in [4.78, 5) is 25.5. The van der Waals surface area contributed by atoms with Gasteiger partial charge in [-0.15, -0.1) is 0 Å². The van der Waals surface area contributed by atoms with E-state index in [0.29, 0.717) is 18.5 Å². The van der Waals surface area contributed by atoms with E-state index in [1.807, 2.05) is 37.3 Å². The Labute approximate surface area is 196 Å². The summed E-state index contributed by atoms with van der Waals surface area (Å²) in [6.07, 6.45) is 2.39. The van der Waals surface area contributed by atoms with Crippen molar-refractivity contribution in [3.8, 4) is 11.8 Å². The smallest absolute Gasteiger partial charge is 0.329 e. The second-order valence-corrected chi connectivity index (χ2v) is 8.64. The Hall–Kier alpha value is -2.13. The number of ether oxygens (including phenoxy) is 1. The maximum atomic E-state index is 12.4. The molecule has 0 atom stereocenters. The standard InChI is InChI=1S/C21H17I2N3O3/c1-2-7-26-20(27)18(25-21(26)28)10-13-8-16(22)19(17(23)9-13)29-12-15-6-4-3-5-14(15)11-24/h3-6,8-10H,2,7,12H2,1H3,(H,25,28)/b18-10+. The van der Waals surface area contributed by atoms with Gasteiger partial charge in [-0.3, -0.25) is 9.69 Å². The largest absolute Gasteiger partial charge is 0.487 e.